The number of phenolic OH excluding ortho intramolecular Hbond substituents is 1. The normalized spacial score (nSPS) is 14.9. The zero-order chi connectivity index (χ0) is 73.6. The van der Waals surface area contributed by atoms with E-state index < -0.39 is 162 Å². The Morgan fingerprint density at radius 2 is 0.901 bits per heavy atom. The predicted octanol–water partition coefficient (Wildman–Crippen LogP) is -1.36. The molecule has 0 fully saturated rings. The SMILES string of the molecule is CC(C)[C@H](NC(=O)[C@H](Cc1c[nH]c2ccccc12)NC(=O)[C@H](CC(=O)O)NC(=O)[C@H](C)NC(=O)[C@@H](N)CS)C(=O)N[C@@H](CS)C(=O)N[C@@H](Cc1ccc(O)cc1)C(=O)N[C@@H](Cc1c[nH]c2ccccc12)C(=O)N[C@@H](Cc1cnc[nH]1)C(=O)N[C@H](C(=O)N[C@@H](Cc1ccccc1)C(N)=O)[C@@H](C)O. The van der Waals surface area contributed by atoms with Crippen LogP contribution in [0.5, 0.6) is 5.75 Å². The van der Waals surface area contributed by atoms with Crippen LogP contribution in [0.3, 0.4) is 0 Å². The third-order valence-corrected chi connectivity index (χ3v) is 17.2. The number of H-pyrrole nitrogens is 3. The Balaban J connectivity index is 1.13. The number of carbonyl (C=O) groups excluding carboxylic acids is 11. The fraction of sp³-hybridized carbons (Fsp3) is 0.368. The molecular formula is C68H84N16O15S2. The summed E-state index contributed by atoms with van der Waals surface area (Å²) in [5.41, 5.74) is 15.1. The van der Waals surface area contributed by atoms with Crippen molar-refractivity contribution in [2.24, 2.45) is 17.4 Å². The molecule has 12 atom stereocenters. The number of aromatic hydroxyl groups is 1. The van der Waals surface area contributed by atoms with E-state index in [9.17, 15) is 63.3 Å². The second-order valence-electron chi connectivity index (χ2n) is 24.6. The lowest BCUT2D eigenvalue weighted by Crippen LogP contribution is -2.62. The van der Waals surface area contributed by atoms with Gasteiger partial charge in [0, 0.05) is 89.7 Å². The summed E-state index contributed by atoms with van der Waals surface area (Å²) in [5.74, 6) is -13.4. The van der Waals surface area contributed by atoms with Crippen LogP contribution in [0.1, 0.15) is 62.1 Å². The van der Waals surface area contributed by atoms with Crippen LogP contribution < -0.4 is 64.6 Å². The van der Waals surface area contributed by atoms with Gasteiger partial charge >= 0.3 is 5.97 Å². The zero-order valence-corrected chi connectivity index (χ0v) is 57.3. The number of para-hydroxylation sites is 2. The van der Waals surface area contributed by atoms with Crippen molar-refractivity contribution in [2.45, 2.75) is 139 Å². The number of aromatic nitrogens is 4. The smallest absolute Gasteiger partial charge is 0.305 e. The van der Waals surface area contributed by atoms with E-state index in [2.05, 4.69) is 98.4 Å². The number of rotatable bonds is 37. The topological polar surface area (TPSA) is 498 Å². The molecule has 7 rings (SSSR count). The number of carbonyl (C=O) groups is 12. The van der Waals surface area contributed by atoms with Crippen LogP contribution >= 0.6 is 25.3 Å². The minimum atomic E-state index is -1.81. The summed E-state index contributed by atoms with van der Waals surface area (Å²) in [4.78, 5) is 180. The van der Waals surface area contributed by atoms with Crippen LogP contribution in [0.15, 0.2) is 128 Å². The molecule has 7 aromatic rings. The van der Waals surface area contributed by atoms with Gasteiger partial charge in [-0.05, 0) is 66.3 Å². The Morgan fingerprint density at radius 1 is 0.465 bits per heavy atom. The number of carboxylic acids is 1. The van der Waals surface area contributed by atoms with Crippen molar-refractivity contribution in [3.8, 4) is 5.75 Å². The zero-order valence-electron chi connectivity index (χ0n) is 55.5. The fourth-order valence-corrected chi connectivity index (χ4v) is 11.3. The minimum absolute atomic E-state index is 0.0222. The van der Waals surface area contributed by atoms with Crippen molar-refractivity contribution in [3.63, 3.8) is 0 Å². The number of nitrogens with two attached hydrogens (primary N) is 2. The molecule has 0 aliphatic heterocycles. The summed E-state index contributed by atoms with van der Waals surface area (Å²) < 4.78 is 0. The van der Waals surface area contributed by atoms with Gasteiger partial charge in [-0.2, -0.15) is 25.3 Å². The second kappa shape index (κ2) is 36.9. The van der Waals surface area contributed by atoms with Crippen LogP contribution in [0.2, 0.25) is 0 Å². The quantitative estimate of drug-likeness (QED) is 0.0200. The van der Waals surface area contributed by atoms with Crippen molar-refractivity contribution in [2.75, 3.05) is 11.5 Å². The lowest BCUT2D eigenvalue weighted by Gasteiger charge is -2.29. The number of primary amides is 1. The van der Waals surface area contributed by atoms with E-state index >= 15 is 9.59 Å². The molecule has 33 heteroatoms. The van der Waals surface area contributed by atoms with Crippen molar-refractivity contribution in [1.29, 1.82) is 0 Å². The second-order valence-corrected chi connectivity index (χ2v) is 25.3. The molecule has 11 amide bonds. The molecule has 0 saturated carbocycles. The van der Waals surface area contributed by atoms with Gasteiger partial charge in [0.05, 0.1) is 24.9 Å². The number of fused-ring (bicyclic) bond motifs is 2. The van der Waals surface area contributed by atoms with Gasteiger partial charge in [0.1, 0.15) is 66.2 Å². The van der Waals surface area contributed by atoms with E-state index in [-0.39, 0.29) is 43.6 Å². The molecule has 3 aromatic heterocycles. The number of benzene rings is 4. The lowest BCUT2D eigenvalue weighted by atomic mass is 9.99. The highest BCUT2D eigenvalue weighted by Gasteiger charge is 2.38. The lowest BCUT2D eigenvalue weighted by molar-refractivity contribution is -0.141. The number of nitrogens with one attached hydrogen (secondary N) is 13. The molecule has 0 aliphatic carbocycles. The third-order valence-electron chi connectivity index (χ3n) is 16.4. The summed E-state index contributed by atoms with van der Waals surface area (Å²) in [6.07, 6.45) is 2.26. The van der Waals surface area contributed by atoms with Crippen molar-refractivity contribution in [1.82, 2.24) is 73.1 Å². The van der Waals surface area contributed by atoms with E-state index in [0.29, 0.717) is 49.8 Å². The molecule has 0 bridgehead atoms. The van der Waals surface area contributed by atoms with E-state index in [1.165, 1.54) is 50.6 Å². The van der Waals surface area contributed by atoms with Crippen LogP contribution in [0.25, 0.3) is 21.8 Å². The molecule has 0 aliphatic rings. The Kier molecular flexibility index (Phi) is 28.3. The van der Waals surface area contributed by atoms with Gasteiger partial charge in [0.2, 0.25) is 65.0 Å². The summed E-state index contributed by atoms with van der Waals surface area (Å²) in [5, 5.41) is 57.9. The third kappa shape index (κ3) is 22.4. The maximum absolute atomic E-state index is 15.1. The molecule has 538 valence electrons. The number of aliphatic carboxylic acids is 1. The number of phenols is 1. The van der Waals surface area contributed by atoms with Gasteiger partial charge in [-0.15, -0.1) is 0 Å². The molecule has 0 spiro atoms. The first kappa shape index (κ1) is 77.6. The van der Waals surface area contributed by atoms with Gasteiger partial charge in [0.15, 0.2) is 0 Å². The van der Waals surface area contributed by atoms with E-state index in [4.69, 9.17) is 11.5 Å². The first-order chi connectivity index (χ1) is 48.1. The minimum Gasteiger partial charge on any atom is -0.508 e. The van der Waals surface area contributed by atoms with Gasteiger partial charge in [0.25, 0.3) is 0 Å². The first-order valence-corrected chi connectivity index (χ1v) is 33.5. The molecule has 20 N–H and O–H groups in total. The number of hydrogen-bond donors (Lipinski definition) is 20. The van der Waals surface area contributed by atoms with Gasteiger partial charge in [-0.1, -0.05) is 92.7 Å². The molecule has 0 unspecified atom stereocenters. The molecular weight excluding hydrogens is 1340 g/mol. The van der Waals surface area contributed by atoms with Crippen molar-refractivity contribution >= 4 is 118 Å². The molecule has 0 saturated heterocycles. The average molecular weight is 1430 g/mol. The number of thiol groups is 2. The predicted molar refractivity (Wildman–Crippen MR) is 377 cm³/mol. The summed E-state index contributed by atoms with van der Waals surface area (Å²) in [7, 11) is 0. The Bertz CT molecular complexity index is 4060. The fourth-order valence-electron chi connectivity index (χ4n) is 10.8. The maximum Gasteiger partial charge on any atom is 0.305 e. The number of aromatic amines is 3. The molecule has 101 heavy (non-hydrogen) atoms. The van der Waals surface area contributed by atoms with Crippen molar-refractivity contribution < 1.29 is 72.9 Å². The van der Waals surface area contributed by atoms with Gasteiger partial charge in [-0.3, -0.25) is 57.5 Å². The maximum atomic E-state index is 15.1. The van der Waals surface area contributed by atoms with Crippen LogP contribution in [-0.2, 0) is 89.6 Å². The summed E-state index contributed by atoms with van der Waals surface area (Å²) in [6, 6.07) is 11.8. The number of hydrogen-bond acceptors (Lipinski definition) is 18. The van der Waals surface area contributed by atoms with Crippen LogP contribution in [0, 0.1) is 5.92 Å². The molecule has 0 radical (unpaired) electrons. The first-order valence-electron chi connectivity index (χ1n) is 32.2. The number of carboxylic acid groups (broad SMARTS) is 1. The van der Waals surface area contributed by atoms with Gasteiger partial charge in [-0.25, -0.2) is 4.98 Å². The highest BCUT2D eigenvalue weighted by Crippen LogP contribution is 2.22. The number of aliphatic hydroxyl groups excluding tert-OH is 1. The molecule has 31 nitrogen and oxygen atoms in total. The standard InChI is InChI=1S/C68H84N16O15S2/c1-34(2)56(83-64(95)51(25-40-29-73-47-17-11-9-15-44(40)47)80-63(94)53(27-55(87)88)77-59(90)35(3)75-60(91)45(69)31-100)67(98)82-54(32-101)66(97)78-49(23-38-18-20-42(86)21-19-38)61(92)79-50(24-39-28-72-46-16-10-8-14-43(39)46)62(93)81-52(26-41-30-71-33-74-41)65(96)84-57(36(4)85)68(99)76-48(58(70)89)22-37-12-6-5-7-13-37/h5-21,28-30,33-36,45,48-54,56-57,72-73,85-86,100-101H,22-27,31-32,69H2,1-4H3,(H2,70,89)(H,71,74)(H,75,91)(H,76,99)(H,77,90)(H,78,97)(H,79,92)(H,80,94)(H,81,93)(H,82,98)(H,83,95)(H,84,96)(H,87,88)/t35-,36+,45-,48-,49-,50-,51-,52-,53-,54-,56-,57-/m0/s1. The molecule has 4 aromatic carbocycles. The monoisotopic (exact) mass is 1430 g/mol. The highest BCUT2D eigenvalue weighted by molar-refractivity contribution is 7.80. The van der Waals surface area contributed by atoms with Crippen molar-refractivity contribution in [3.05, 3.63) is 156 Å². The number of nitrogens with zero attached hydrogens (tertiary/aromatic N) is 1. The Hall–Kier alpha value is -10.8. The molecule has 3 heterocycles. The largest absolute Gasteiger partial charge is 0.508 e. The highest BCUT2D eigenvalue weighted by atomic mass is 32.1. The van der Waals surface area contributed by atoms with E-state index in [0.717, 1.165) is 0 Å². The van der Waals surface area contributed by atoms with E-state index in [1.54, 1.807) is 105 Å². The summed E-state index contributed by atoms with van der Waals surface area (Å²) >= 11 is 8.38. The van der Waals surface area contributed by atoms with Crippen LogP contribution in [-0.4, -0.2) is 190 Å². The number of amides is 11. The number of imidazole rings is 1. The average Bonchev–Trinajstić information content (AvgIpc) is 1.77. The van der Waals surface area contributed by atoms with Crippen LogP contribution in [0.4, 0.5) is 0 Å². The van der Waals surface area contributed by atoms with Gasteiger partial charge < -0.3 is 94.9 Å². The summed E-state index contributed by atoms with van der Waals surface area (Å²) in [6.45, 7) is 5.65. The Morgan fingerprint density at radius 3 is 1.40 bits per heavy atom. The Labute approximate surface area is 590 Å². The van der Waals surface area contributed by atoms with E-state index in [1.807, 2.05) is 0 Å². The number of aliphatic hydroxyl groups is 1.